The molecular formula is C14H25N3. The minimum absolute atomic E-state index is 0.314. The second-order valence-electron chi connectivity index (χ2n) is 5.21. The van der Waals surface area contributed by atoms with E-state index in [2.05, 4.69) is 43.3 Å². The SMILES string of the molecule is CCCNc1cccc(NCC(C)(C)CC)n1. The van der Waals surface area contributed by atoms with E-state index in [1.165, 1.54) is 0 Å². The molecule has 0 aliphatic heterocycles. The van der Waals surface area contributed by atoms with Gasteiger partial charge in [0.05, 0.1) is 0 Å². The maximum Gasteiger partial charge on any atom is 0.128 e. The molecule has 0 atom stereocenters. The Labute approximate surface area is 105 Å². The third-order valence-electron chi connectivity index (χ3n) is 3.01. The molecule has 0 saturated carbocycles. The molecule has 0 fully saturated rings. The molecule has 0 radical (unpaired) electrons. The minimum atomic E-state index is 0.314. The highest BCUT2D eigenvalue weighted by atomic mass is 15.1. The van der Waals surface area contributed by atoms with Gasteiger partial charge >= 0.3 is 0 Å². The quantitative estimate of drug-likeness (QED) is 0.755. The third-order valence-corrected chi connectivity index (χ3v) is 3.01. The van der Waals surface area contributed by atoms with E-state index in [1.807, 2.05) is 18.2 Å². The molecule has 1 aromatic rings. The molecule has 3 nitrogen and oxygen atoms in total. The Kier molecular flexibility index (Phi) is 5.26. The zero-order valence-corrected chi connectivity index (χ0v) is 11.5. The molecule has 0 bridgehead atoms. The molecule has 0 aromatic carbocycles. The van der Waals surface area contributed by atoms with Crippen molar-refractivity contribution in [3.63, 3.8) is 0 Å². The Morgan fingerprint density at radius 1 is 1.12 bits per heavy atom. The third kappa shape index (κ3) is 5.07. The van der Waals surface area contributed by atoms with Crippen LogP contribution in [0.2, 0.25) is 0 Å². The number of hydrogen-bond acceptors (Lipinski definition) is 3. The topological polar surface area (TPSA) is 37.0 Å². The molecule has 0 spiro atoms. The lowest BCUT2D eigenvalue weighted by molar-refractivity contribution is 0.376. The number of rotatable bonds is 7. The van der Waals surface area contributed by atoms with Gasteiger partial charge in [0.2, 0.25) is 0 Å². The zero-order chi connectivity index (χ0) is 12.7. The van der Waals surface area contributed by atoms with Crippen LogP contribution in [0, 0.1) is 5.41 Å². The van der Waals surface area contributed by atoms with E-state index in [-0.39, 0.29) is 0 Å². The van der Waals surface area contributed by atoms with E-state index in [9.17, 15) is 0 Å². The maximum absolute atomic E-state index is 4.53. The van der Waals surface area contributed by atoms with Gasteiger partial charge in [-0.25, -0.2) is 4.98 Å². The van der Waals surface area contributed by atoms with Crippen molar-refractivity contribution < 1.29 is 0 Å². The average Bonchev–Trinajstić information content (AvgIpc) is 2.35. The summed E-state index contributed by atoms with van der Waals surface area (Å²) in [6.45, 7) is 10.8. The summed E-state index contributed by atoms with van der Waals surface area (Å²) in [5.41, 5.74) is 0.314. The molecule has 96 valence electrons. The molecule has 3 heteroatoms. The van der Waals surface area contributed by atoms with Crippen LogP contribution in [0.1, 0.15) is 40.5 Å². The summed E-state index contributed by atoms with van der Waals surface area (Å²) in [6.07, 6.45) is 2.27. The summed E-state index contributed by atoms with van der Waals surface area (Å²) in [5, 5.41) is 6.70. The summed E-state index contributed by atoms with van der Waals surface area (Å²) in [4.78, 5) is 4.53. The van der Waals surface area contributed by atoms with Gasteiger partial charge in [-0.3, -0.25) is 0 Å². The first kappa shape index (κ1) is 13.8. The van der Waals surface area contributed by atoms with Crippen LogP contribution >= 0.6 is 0 Å². The standard InChI is InChI=1S/C14H25N3/c1-5-10-15-12-8-7-9-13(17-12)16-11-14(3,4)6-2/h7-9H,5-6,10-11H2,1-4H3,(H2,15,16,17). The highest BCUT2D eigenvalue weighted by molar-refractivity contribution is 5.45. The second kappa shape index (κ2) is 6.48. The van der Waals surface area contributed by atoms with E-state index >= 15 is 0 Å². The molecule has 1 aromatic heterocycles. The minimum Gasteiger partial charge on any atom is -0.370 e. The van der Waals surface area contributed by atoms with Gasteiger partial charge in [-0.05, 0) is 30.4 Å². The van der Waals surface area contributed by atoms with Gasteiger partial charge in [0.25, 0.3) is 0 Å². The van der Waals surface area contributed by atoms with Crippen LogP contribution in [0.15, 0.2) is 18.2 Å². The molecule has 0 amide bonds. The van der Waals surface area contributed by atoms with Gasteiger partial charge in [-0.1, -0.05) is 33.8 Å². The predicted molar refractivity (Wildman–Crippen MR) is 75.6 cm³/mol. The van der Waals surface area contributed by atoms with Gasteiger partial charge in [0, 0.05) is 13.1 Å². The van der Waals surface area contributed by atoms with Crippen molar-refractivity contribution in [3.05, 3.63) is 18.2 Å². The number of anilines is 2. The molecule has 0 aliphatic rings. The monoisotopic (exact) mass is 235 g/mol. The van der Waals surface area contributed by atoms with Gasteiger partial charge < -0.3 is 10.6 Å². The zero-order valence-electron chi connectivity index (χ0n) is 11.5. The van der Waals surface area contributed by atoms with Crippen molar-refractivity contribution in [2.45, 2.75) is 40.5 Å². The first-order valence-corrected chi connectivity index (χ1v) is 6.52. The van der Waals surface area contributed by atoms with Crippen LogP contribution in [-0.2, 0) is 0 Å². The van der Waals surface area contributed by atoms with Crippen LogP contribution in [0.25, 0.3) is 0 Å². The van der Waals surface area contributed by atoms with Crippen molar-refractivity contribution in [3.8, 4) is 0 Å². The summed E-state index contributed by atoms with van der Waals surface area (Å²) in [5.74, 6) is 1.90. The Bertz CT molecular complexity index is 334. The lowest BCUT2D eigenvalue weighted by Gasteiger charge is -2.23. The molecule has 0 saturated heterocycles. The highest BCUT2D eigenvalue weighted by Crippen LogP contribution is 2.20. The van der Waals surface area contributed by atoms with Crippen molar-refractivity contribution in [2.75, 3.05) is 23.7 Å². The first-order valence-electron chi connectivity index (χ1n) is 6.52. The fourth-order valence-electron chi connectivity index (χ4n) is 1.34. The van der Waals surface area contributed by atoms with Crippen LogP contribution in [0.4, 0.5) is 11.6 Å². The van der Waals surface area contributed by atoms with Crippen LogP contribution in [-0.4, -0.2) is 18.1 Å². The highest BCUT2D eigenvalue weighted by Gasteiger charge is 2.14. The smallest absolute Gasteiger partial charge is 0.128 e. The van der Waals surface area contributed by atoms with Gasteiger partial charge in [0.1, 0.15) is 11.6 Å². The van der Waals surface area contributed by atoms with Gasteiger partial charge in [-0.15, -0.1) is 0 Å². The molecule has 17 heavy (non-hydrogen) atoms. The lowest BCUT2D eigenvalue weighted by atomic mass is 9.90. The van der Waals surface area contributed by atoms with Gasteiger partial charge in [0.15, 0.2) is 0 Å². The Morgan fingerprint density at radius 3 is 2.35 bits per heavy atom. The number of aromatic nitrogens is 1. The van der Waals surface area contributed by atoms with Crippen molar-refractivity contribution in [1.29, 1.82) is 0 Å². The van der Waals surface area contributed by atoms with Crippen molar-refractivity contribution in [2.24, 2.45) is 5.41 Å². The lowest BCUT2D eigenvalue weighted by Crippen LogP contribution is -2.22. The second-order valence-corrected chi connectivity index (χ2v) is 5.21. The maximum atomic E-state index is 4.53. The first-order chi connectivity index (χ1) is 8.07. The van der Waals surface area contributed by atoms with E-state index < -0.39 is 0 Å². The molecule has 0 aliphatic carbocycles. The summed E-state index contributed by atoms with van der Waals surface area (Å²) >= 11 is 0. The Morgan fingerprint density at radius 2 is 1.76 bits per heavy atom. The summed E-state index contributed by atoms with van der Waals surface area (Å²) in [7, 11) is 0. The van der Waals surface area contributed by atoms with E-state index in [4.69, 9.17) is 0 Å². The van der Waals surface area contributed by atoms with E-state index in [1.54, 1.807) is 0 Å². The molecule has 0 unspecified atom stereocenters. The van der Waals surface area contributed by atoms with Crippen LogP contribution in [0.3, 0.4) is 0 Å². The predicted octanol–water partition coefficient (Wildman–Crippen LogP) is 3.75. The fourth-order valence-corrected chi connectivity index (χ4v) is 1.34. The fraction of sp³-hybridized carbons (Fsp3) is 0.643. The molecular weight excluding hydrogens is 210 g/mol. The normalized spacial score (nSPS) is 11.3. The van der Waals surface area contributed by atoms with Crippen molar-refractivity contribution >= 4 is 11.6 Å². The molecule has 1 rings (SSSR count). The van der Waals surface area contributed by atoms with Gasteiger partial charge in [-0.2, -0.15) is 0 Å². The summed E-state index contributed by atoms with van der Waals surface area (Å²) in [6, 6.07) is 6.06. The number of pyridine rings is 1. The Balaban J connectivity index is 2.53. The molecule has 1 heterocycles. The van der Waals surface area contributed by atoms with E-state index in [0.29, 0.717) is 5.41 Å². The van der Waals surface area contributed by atoms with Crippen molar-refractivity contribution in [1.82, 2.24) is 4.98 Å². The number of nitrogens with one attached hydrogen (secondary N) is 2. The average molecular weight is 235 g/mol. The molecule has 2 N–H and O–H groups in total. The van der Waals surface area contributed by atoms with E-state index in [0.717, 1.165) is 37.6 Å². The number of hydrogen-bond donors (Lipinski definition) is 2. The largest absolute Gasteiger partial charge is 0.370 e. The van der Waals surface area contributed by atoms with Crippen LogP contribution in [0.5, 0.6) is 0 Å². The van der Waals surface area contributed by atoms with Crippen LogP contribution < -0.4 is 10.6 Å². The summed E-state index contributed by atoms with van der Waals surface area (Å²) < 4.78 is 0. The number of nitrogens with zero attached hydrogens (tertiary/aromatic N) is 1. The Hall–Kier alpha value is -1.25.